The Labute approximate surface area is 108 Å². The highest BCUT2D eigenvalue weighted by Crippen LogP contribution is 2.33. The molecule has 0 aliphatic rings. The van der Waals surface area contributed by atoms with E-state index in [4.69, 9.17) is 9.72 Å². The number of hydrogen-bond acceptors (Lipinski definition) is 3. The molecule has 0 bridgehead atoms. The minimum Gasteiger partial charge on any atom is -0.492 e. The molecule has 2 aromatic rings. The third kappa shape index (κ3) is 2.01. The Morgan fingerprint density at radius 1 is 1.28 bits per heavy atom. The lowest BCUT2D eigenvalue weighted by atomic mass is 10.0. The van der Waals surface area contributed by atoms with Crippen LogP contribution in [0.5, 0.6) is 5.75 Å². The van der Waals surface area contributed by atoms with E-state index in [1.165, 1.54) is 5.56 Å². The highest BCUT2D eigenvalue weighted by atomic mass is 16.5. The predicted molar refractivity (Wildman–Crippen MR) is 76.6 cm³/mol. The summed E-state index contributed by atoms with van der Waals surface area (Å²) in [5.74, 6) is 0.862. The Hall–Kier alpha value is -1.77. The van der Waals surface area contributed by atoms with E-state index in [0.29, 0.717) is 6.61 Å². The summed E-state index contributed by atoms with van der Waals surface area (Å²) in [6, 6.07) is 6.08. The molecule has 0 radical (unpaired) electrons. The van der Waals surface area contributed by atoms with Crippen molar-refractivity contribution in [3.05, 3.63) is 29.5 Å². The number of rotatable bonds is 4. The van der Waals surface area contributed by atoms with Crippen LogP contribution in [0, 0.1) is 6.92 Å². The van der Waals surface area contributed by atoms with E-state index in [-0.39, 0.29) is 0 Å². The van der Waals surface area contributed by atoms with Crippen molar-refractivity contribution in [2.24, 2.45) is 0 Å². The van der Waals surface area contributed by atoms with Gasteiger partial charge in [-0.15, -0.1) is 0 Å². The lowest BCUT2D eigenvalue weighted by Crippen LogP contribution is -2.02. The quantitative estimate of drug-likeness (QED) is 0.893. The van der Waals surface area contributed by atoms with Crippen LogP contribution in [-0.4, -0.2) is 18.6 Å². The summed E-state index contributed by atoms with van der Waals surface area (Å²) in [4.78, 5) is 4.76. The van der Waals surface area contributed by atoms with Crippen LogP contribution in [-0.2, 0) is 6.42 Å². The van der Waals surface area contributed by atoms with Gasteiger partial charge in [0.25, 0.3) is 0 Å². The Balaban J connectivity index is 2.78. The van der Waals surface area contributed by atoms with Gasteiger partial charge >= 0.3 is 0 Å². The molecular weight excluding hydrogens is 224 g/mol. The molecule has 2 rings (SSSR count). The van der Waals surface area contributed by atoms with Gasteiger partial charge in [0, 0.05) is 23.8 Å². The van der Waals surface area contributed by atoms with Gasteiger partial charge in [0.05, 0.1) is 6.61 Å². The average Bonchev–Trinajstić information content (AvgIpc) is 2.39. The molecule has 96 valence electrons. The zero-order chi connectivity index (χ0) is 13.1. The van der Waals surface area contributed by atoms with Crippen molar-refractivity contribution in [1.29, 1.82) is 0 Å². The van der Waals surface area contributed by atoms with E-state index in [2.05, 4.69) is 25.2 Å². The maximum Gasteiger partial charge on any atom is 0.145 e. The number of benzene rings is 1. The molecule has 0 saturated heterocycles. The zero-order valence-corrected chi connectivity index (χ0v) is 11.5. The first-order valence-corrected chi connectivity index (χ1v) is 6.45. The second-order valence-corrected chi connectivity index (χ2v) is 4.25. The Morgan fingerprint density at radius 3 is 2.67 bits per heavy atom. The van der Waals surface area contributed by atoms with Crippen LogP contribution >= 0.6 is 0 Å². The van der Waals surface area contributed by atoms with Gasteiger partial charge in [-0.25, -0.2) is 4.98 Å². The molecule has 0 saturated carbocycles. The van der Waals surface area contributed by atoms with Crippen LogP contribution in [0.25, 0.3) is 10.9 Å². The highest BCUT2D eigenvalue weighted by Gasteiger charge is 2.12. The van der Waals surface area contributed by atoms with Crippen molar-refractivity contribution in [2.75, 3.05) is 19.0 Å². The second-order valence-electron chi connectivity index (χ2n) is 4.25. The number of anilines is 1. The second kappa shape index (κ2) is 5.25. The number of aryl methyl sites for hydroxylation is 1. The van der Waals surface area contributed by atoms with Crippen molar-refractivity contribution in [3.8, 4) is 5.75 Å². The molecule has 18 heavy (non-hydrogen) atoms. The minimum absolute atomic E-state index is 0.658. The molecule has 0 fully saturated rings. The molecule has 1 heterocycles. The fourth-order valence-corrected chi connectivity index (χ4v) is 2.34. The first-order chi connectivity index (χ1) is 8.72. The normalized spacial score (nSPS) is 10.7. The smallest absolute Gasteiger partial charge is 0.145 e. The molecule has 3 nitrogen and oxygen atoms in total. The van der Waals surface area contributed by atoms with Gasteiger partial charge in [-0.2, -0.15) is 0 Å². The van der Waals surface area contributed by atoms with Crippen LogP contribution < -0.4 is 10.1 Å². The molecule has 0 atom stereocenters. The monoisotopic (exact) mass is 244 g/mol. The van der Waals surface area contributed by atoms with Crippen LogP contribution in [0.3, 0.4) is 0 Å². The fourth-order valence-electron chi connectivity index (χ4n) is 2.34. The number of fused-ring (bicyclic) bond motifs is 1. The number of para-hydroxylation sites is 1. The van der Waals surface area contributed by atoms with Crippen molar-refractivity contribution in [3.63, 3.8) is 0 Å². The molecule has 1 N–H and O–H groups in total. The van der Waals surface area contributed by atoms with Gasteiger partial charge in [0.2, 0.25) is 0 Å². The maximum absolute atomic E-state index is 5.67. The standard InChI is InChI=1S/C15H20N2O/c1-5-12-10(3)14(16-4)11-8-7-9-13(18-6-2)15(11)17-12/h7-9H,5-6H2,1-4H3,(H,16,17). The molecule has 0 amide bonds. The first kappa shape index (κ1) is 12.7. The minimum atomic E-state index is 0.658. The van der Waals surface area contributed by atoms with E-state index in [0.717, 1.165) is 34.5 Å². The Bertz CT molecular complexity index is 564. The molecule has 1 aromatic heterocycles. The Morgan fingerprint density at radius 2 is 2.06 bits per heavy atom. The van der Waals surface area contributed by atoms with Gasteiger partial charge in [-0.3, -0.25) is 0 Å². The zero-order valence-electron chi connectivity index (χ0n) is 11.5. The van der Waals surface area contributed by atoms with Crippen molar-refractivity contribution >= 4 is 16.6 Å². The number of nitrogens with one attached hydrogen (secondary N) is 1. The fraction of sp³-hybridized carbons (Fsp3) is 0.400. The van der Waals surface area contributed by atoms with Crippen LogP contribution in [0.15, 0.2) is 18.2 Å². The molecule has 0 aliphatic carbocycles. The van der Waals surface area contributed by atoms with Gasteiger partial charge < -0.3 is 10.1 Å². The van der Waals surface area contributed by atoms with Gasteiger partial charge in [-0.1, -0.05) is 19.1 Å². The Kier molecular flexibility index (Phi) is 3.70. The SMILES string of the molecule is CCOc1cccc2c(NC)c(C)c(CC)nc12. The molecular formula is C15H20N2O. The van der Waals surface area contributed by atoms with Crippen LogP contribution in [0.4, 0.5) is 5.69 Å². The predicted octanol–water partition coefficient (Wildman–Crippen LogP) is 3.55. The molecule has 0 unspecified atom stereocenters. The number of ether oxygens (including phenoxy) is 1. The van der Waals surface area contributed by atoms with Gasteiger partial charge in [0.1, 0.15) is 11.3 Å². The largest absolute Gasteiger partial charge is 0.492 e. The summed E-state index contributed by atoms with van der Waals surface area (Å²) in [6.45, 7) is 6.89. The molecule has 0 spiro atoms. The van der Waals surface area contributed by atoms with Crippen molar-refractivity contribution in [2.45, 2.75) is 27.2 Å². The number of hydrogen-bond donors (Lipinski definition) is 1. The summed E-state index contributed by atoms with van der Waals surface area (Å²) in [5.41, 5.74) is 4.45. The highest BCUT2D eigenvalue weighted by molar-refractivity contribution is 5.96. The van der Waals surface area contributed by atoms with E-state index >= 15 is 0 Å². The van der Waals surface area contributed by atoms with E-state index in [1.807, 2.05) is 26.1 Å². The number of aromatic nitrogens is 1. The lowest BCUT2D eigenvalue weighted by Gasteiger charge is -2.15. The average molecular weight is 244 g/mol. The first-order valence-electron chi connectivity index (χ1n) is 6.45. The maximum atomic E-state index is 5.67. The topological polar surface area (TPSA) is 34.1 Å². The number of pyridine rings is 1. The number of nitrogens with zero attached hydrogens (tertiary/aromatic N) is 1. The van der Waals surface area contributed by atoms with Crippen LogP contribution in [0.1, 0.15) is 25.1 Å². The third-order valence-electron chi connectivity index (χ3n) is 3.21. The summed E-state index contributed by atoms with van der Waals surface area (Å²) in [7, 11) is 1.95. The summed E-state index contributed by atoms with van der Waals surface area (Å²) in [6.07, 6.45) is 0.927. The summed E-state index contributed by atoms with van der Waals surface area (Å²) in [5, 5.41) is 4.41. The van der Waals surface area contributed by atoms with E-state index in [1.54, 1.807) is 0 Å². The van der Waals surface area contributed by atoms with Gasteiger partial charge in [-0.05, 0) is 31.9 Å². The summed E-state index contributed by atoms with van der Waals surface area (Å²) >= 11 is 0. The molecule has 1 aromatic carbocycles. The lowest BCUT2D eigenvalue weighted by molar-refractivity contribution is 0.343. The van der Waals surface area contributed by atoms with Crippen molar-refractivity contribution < 1.29 is 4.74 Å². The van der Waals surface area contributed by atoms with Crippen LogP contribution in [0.2, 0.25) is 0 Å². The molecule has 3 heteroatoms. The summed E-state index contributed by atoms with van der Waals surface area (Å²) < 4.78 is 5.67. The van der Waals surface area contributed by atoms with Crippen molar-refractivity contribution in [1.82, 2.24) is 4.98 Å². The van der Waals surface area contributed by atoms with E-state index in [9.17, 15) is 0 Å². The molecule has 0 aliphatic heterocycles. The third-order valence-corrected chi connectivity index (χ3v) is 3.21. The van der Waals surface area contributed by atoms with Gasteiger partial charge in [0.15, 0.2) is 0 Å². The van der Waals surface area contributed by atoms with E-state index < -0.39 is 0 Å².